The smallest absolute Gasteiger partial charge is 0.351 e. The number of amides is 1. The van der Waals surface area contributed by atoms with Crippen molar-refractivity contribution >= 4 is 15.9 Å². The molecule has 36 heavy (non-hydrogen) atoms. The largest absolute Gasteiger partial charge is 0.416 e. The molecule has 10 heteroatoms. The molecule has 1 aliphatic carbocycles. The maximum Gasteiger partial charge on any atom is 0.416 e. The number of benzene rings is 3. The second-order valence-corrected chi connectivity index (χ2v) is 11.0. The van der Waals surface area contributed by atoms with Crippen LogP contribution in [0.2, 0.25) is 0 Å². The summed E-state index contributed by atoms with van der Waals surface area (Å²) in [5, 5.41) is 2.81. The lowest BCUT2D eigenvalue weighted by Crippen LogP contribution is -2.48. The van der Waals surface area contributed by atoms with Gasteiger partial charge < -0.3 is 5.32 Å². The predicted octanol–water partition coefficient (Wildman–Crippen LogP) is 4.84. The first kappa shape index (κ1) is 24.5. The van der Waals surface area contributed by atoms with Gasteiger partial charge in [-0.15, -0.1) is 0 Å². The number of nitrogens with one attached hydrogen (secondary N) is 1. The summed E-state index contributed by atoms with van der Waals surface area (Å²) in [7, 11) is -3.97. The number of nitrogens with zero attached hydrogens (tertiary/aromatic N) is 1. The number of carbonyl (C=O) groups excluding carboxylic acids is 1. The molecule has 1 saturated carbocycles. The van der Waals surface area contributed by atoms with E-state index >= 15 is 0 Å². The van der Waals surface area contributed by atoms with E-state index in [-0.39, 0.29) is 29.8 Å². The quantitative estimate of drug-likeness (QED) is 0.475. The van der Waals surface area contributed by atoms with Crippen LogP contribution in [-0.2, 0) is 27.5 Å². The van der Waals surface area contributed by atoms with Gasteiger partial charge in [-0.05, 0) is 77.4 Å². The lowest BCUT2D eigenvalue weighted by atomic mass is 10.0. The zero-order valence-electron chi connectivity index (χ0n) is 18.9. The number of sulfonamides is 1. The molecule has 0 aromatic heterocycles. The monoisotopic (exact) mass is 518 g/mol. The molecule has 5 rings (SSSR count). The van der Waals surface area contributed by atoms with E-state index in [1.165, 1.54) is 28.6 Å². The van der Waals surface area contributed by atoms with Gasteiger partial charge in [-0.2, -0.15) is 17.5 Å². The molecular weight excluding hydrogens is 496 g/mol. The molecule has 2 fully saturated rings. The lowest BCUT2D eigenvalue weighted by molar-refractivity contribution is -0.137. The first-order chi connectivity index (χ1) is 17.0. The highest BCUT2D eigenvalue weighted by Gasteiger charge is 2.58. The molecule has 0 radical (unpaired) electrons. The number of halogens is 4. The van der Waals surface area contributed by atoms with Gasteiger partial charge in [-0.25, -0.2) is 12.8 Å². The van der Waals surface area contributed by atoms with Gasteiger partial charge in [0, 0.05) is 13.1 Å². The summed E-state index contributed by atoms with van der Waals surface area (Å²) in [6.45, 7) is 0.373. The summed E-state index contributed by atoms with van der Waals surface area (Å²) in [4.78, 5) is 13.0. The third kappa shape index (κ3) is 4.75. The minimum absolute atomic E-state index is 0.0568. The minimum Gasteiger partial charge on any atom is -0.351 e. The van der Waals surface area contributed by atoms with E-state index in [1.54, 1.807) is 24.3 Å². The Balaban J connectivity index is 1.29. The molecule has 5 nitrogen and oxygen atoms in total. The fraction of sp³-hybridized carbons (Fsp3) is 0.269. The van der Waals surface area contributed by atoms with Crippen molar-refractivity contribution in [2.75, 3.05) is 6.54 Å². The highest BCUT2D eigenvalue weighted by molar-refractivity contribution is 7.89. The fourth-order valence-corrected chi connectivity index (χ4v) is 6.44. The fourth-order valence-electron chi connectivity index (χ4n) is 4.75. The molecule has 0 bridgehead atoms. The van der Waals surface area contributed by atoms with E-state index < -0.39 is 39.5 Å². The number of hydrogen-bond donors (Lipinski definition) is 1. The van der Waals surface area contributed by atoms with E-state index in [4.69, 9.17) is 0 Å². The normalized spacial score (nSPS) is 21.7. The molecule has 0 spiro atoms. The number of fused-ring (bicyclic) bond motifs is 1. The Labute approximate surface area is 205 Å². The van der Waals surface area contributed by atoms with E-state index in [9.17, 15) is 30.8 Å². The lowest BCUT2D eigenvalue weighted by Gasteiger charge is -2.26. The van der Waals surface area contributed by atoms with Crippen molar-refractivity contribution in [1.82, 2.24) is 9.62 Å². The van der Waals surface area contributed by atoms with Crippen LogP contribution in [0, 0.1) is 17.7 Å². The zero-order chi connectivity index (χ0) is 25.7. The molecular formula is C26H22F4N2O3S. The average Bonchev–Trinajstić information content (AvgIpc) is 3.51. The molecule has 1 aliphatic heterocycles. The Kier molecular flexibility index (Phi) is 6.12. The molecule has 1 heterocycles. The third-order valence-corrected chi connectivity index (χ3v) is 8.60. The van der Waals surface area contributed by atoms with Crippen molar-refractivity contribution in [3.8, 4) is 11.1 Å². The van der Waals surface area contributed by atoms with Crippen LogP contribution in [0.1, 0.15) is 17.5 Å². The van der Waals surface area contributed by atoms with Gasteiger partial charge in [0.1, 0.15) is 11.9 Å². The van der Waals surface area contributed by atoms with Gasteiger partial charge >= 0.3 is 6.18 Å². The number of carbonyl (C=O) groups is 1. The van der Waals surface area contributed by atoms with Crippen LogP contribution in [0.5, 0.6) is 0 Å². The first-order valence-corrected chi connectivity index (χ1v) is 12.8. The summed E-state index contributed by atoms with van der Waals surface area (Å²) >= 11 is 0. The summed E-state index contributed by atoms with van der Waals surface area (Å²) in [6, 6.07) is 15.6. The van der Waals surface area contributed by atoms with Crippen molar-refractivity contribution in [2.45, 2.75) is 30.1 Å². The van der Waals surface area contributed by atoms with Crippen molar-refractivity contribution in [2.24, 2.45) is 11.8 Å². The van der Waals surface area contributed by atoms with Crippen molar-refractivity contribution in [1.29, 1.82) is 0 Å². The molecule has 1 saturated heterocycles. The molecule has 1 N–H and O–H groups in total. The molecule has 3 aromatic rings. The summed E-state index contributed by atoms with van der Waals surface area (Å²) < 4.78 is 79.3. The Morgan fingerprint density at radius 1 is 0.972 bits per heavy atom. The molecule has 3 aromatic carbocycles. The van der Waals surface area contributed by atoms with Crippen molar-refractivity contribution in [3.05, 3.63) is 89.7 Å². The maximum absolute atomic E-state index is 13.3. The van der Waals surface area contributed by atoms with Crippen LogP contribution in [-0.4, -0.2) is 31.2 Å². The molecule has 0 unspecified atom stereocenters. The average molecular weight is 519 g/mol. The van der Waals surface area contributed by atoms with Crippen LogP contribution >= 0.6 is 0 Å². The van der Waals surface area contributed by atoms with Gasteiger partial charge in [0.25, 0.3) is 0 Å². The summed E-state index contributed by atoms with van der Waals surface area (Å²) in [5.74, 6) is -0.894. The second-order valence-electron chi connectivity index (χ2n) is 9.13. The molecule has 1 amide bonds. The van der Waals surface area contributed by atoms with E-state index in [0.29, 0.717) is 11.1 Å². The van der Waals surface area contributed by atoms with Gasteiger partial charge in [0.05, 0.1) is 10.5 Å². The number of hydrogen-bond acceptors (Lipinski definition) is 3. The Morgan fingerprint density at radius 3 is 2.33 bits per heavy atom. The van der Waals surface area contributed by atoms with Crippen LogP contribution < -0.4 is 5.32 Å². The van der Waals surface area contributed by atoms with Gasteiger partial charge in [0.15, 0.2) is 0 Å². The number of alkyl halides is 3. The van der Waals surface area contributed by atoms with E-state index in [2.05, 4.69) is 5.32 Å². The predicted molar refractivity (Wildman–Crippen MR) is 124 cm³/mol. The first-order valence-electron chi connectivity index (χ1n) is 11.4. The van der Waals surface area contributed by atoms with Crippen LogP contribution in [0.3, 0.4) is 0 Å². The third-order valence-electron chi connectivity index (χ3n) is 6.74. The standard InChI is InChI=1S/C26H22F4N2O3S/c27-21-8-10-22(11-9-21)36(34,35)32-15-19-13-23(19)24(32)25(33)31-14-16-2-1-3-18(12-16)17-4-6-20(7-5-17)26(28,29)30/h1-12,19,23-24H,13-15H2,(H,31,33)/t19-,23-,24-/m0/s1. The number of rotatable bonds is 6. The Bertz CT molecular complexity index is 1390. The van der Waals surface area contributed by atoms with Gasteiger partial charge in [-0.1, -0.05) is 30.3 Å². The topological polar surface area (TPSA) is 66.5 Å². The Morgan fingerprint density at radius 2 is 1.67 bits per heavy atom. The Hall–Kier alpha value is -3.24. The van der Waals surface area contributed by atoms with Gasteiger partial charge in [0.2, 0.25) is 15.9 Å². The number of piperidine rings is 1. The minimum atomic E-state index is -4.41. The zero-order valence-corrected chi connectivity index (χ0v) is 19.7. The van der Waals surface area contributed by atoms with Crippen LogP contribution in [0.4, 0.5) is 17.6 Å². The highest BCUT2D eigenvalue weighted by atomic mass is 32.2. The molecule has 2 aliphatic rings. The SMILES string of the molecule is O=C(NCc1cccc(-c2ccc(C(F)(F)F)cc2)c1)[C@@H]1[C@H]2C[C@H]2CN1S(=O)(=O)c1ccc(F)cc1. The van der Waals surface area contributed by atoms with E-state index in [0.717, 1.165) is 36.2 Å². The molecule has 188 valence electrons. The summed E-state index contributed by atoms with van der Waals surface area (Å²) in [5.41, 5.74) is 1.28. The molecule has 3 atom stereocenters. The highest BCUT2D eigenvalue weighted by Crippen LogP contribution is 2.51. The van der Waals surface area contributed by atoms with Gasteiger partial charge in [-0.3, -0.25) is 4.79 Å². The summed E-state index contributed by atoms with van der Waals surface area (Å²) in [6.07, 6.45) is -3.64. The van der Waals surface area contributed by atoms with Crippen molar-refractivity contribution < 1.29 is 30.8 Å². The van der Waals surface area contributed by atoms with E-state index in [1.807, 2.05) is 0 Å². The van der Waals surface area contributed by atoms with Crippen LogP contribution in [0.15, 0.2) is 77.7 Å². The van der Waals surface area contributed by atoms with Crippen LogP contribution in [0.25, 0.3) is 11.1 Å². The van der Waals surface area contributed by atoms with Crippen molar-refractivity contribution in [3.63, 3.8) is 0 Å². The maximum atomic E-state index is 13.3. The second kappa shape index (κ2) is 9.01.